The van der Waals surface area contributed by atoms with Crippen LogP contribution < -0.4 is 5.32 Å². The molecule has 1 N–H and O–H groups in total. The molecule has 1 amide bonds. The lowest BCUT2D eigenvalue weighted by molar-refractivity contribution is 0.0886. The first-order valence-corrected chi connectivity index (χ1v) is 8.88. The van der Waals surface area contributed by atoms with Crippen LogP contribution in [0.25, 0.3) is 0 Å². The summed E-state index contributed by atoms with van der Waals surface area (Å²) >= 11 is 0.920. The molecule has 0 bridgehead atoms. The van der Waals surface area contributed by atoms with Crippen molar-refractivity contribution in [1.82, 2.24) is 5.32 Å². The summed E-state index contributed by atoms with van der Waals surface area (Å²) in [4.78, 5) is 11.7. The molecule has 108 valence electrons. The Morgan fingerprint density at radius 2 is 2.21 bits per heavy atom. The van der Waals surface area contributed by atoms with Crippen LogP contribution in [0.4, 0.5) is 0 Å². The van der Waals surface area contributed by atoms with Gasteiger partial charge in [0.2, 0.25) is 0 Å². The van der Waals surface area contributed by atoms with Crippen molar-refractivity contribution < 1.29 is 17.9 Å². The van der Waals surface area contributed by atoms with Crippen LogP contribution in [0, 0.1) is 5.92 Å². The number of hydrogen-bond donors (Lipinski definition) is 1. The zero-order valence-corrected chi connectivity index (χ0v) is 13.1. The van der Waals surface area contributed by atoms with E-state index in [0.29, 0.717) is 25.7 Å². The lowest BCUT2D eigenvalue weighted by Gasteiger charge is -2.07. The molecular weight excluding hydrogens is 310 g/mol. The number of hydrogen-bond acceptors (Lipinski definition) is 5. The van der Waals surface area contributed by atoms with E-state index in [-0.39, 0.29) is 15.7 Å². The molecule has 0 atom stereocenters. The molecule has 1 heterocycles. The molecule has 8 heteroatoms. The number of nitrogens with one attached hydrogen (secondary N) is 1. The van der Waals surface area contributed by atoms with Gasteiger partial charge in [-0.25, -0.2) is 8.42 Å². The van der Waals surface area contributed by atoms with E-state index in [2.05, 4.69) is 5.32 Å². The molecule has 0 aliphatic rings. The van der Waals surface area contributed by atoms with Crippen LogP contribution in [-0.2, 0) is 13.8 Å². The monoisotopic (exact) mass is 325 g/mol. The molecule has 0 spiro atoms. The van der Waals surface area contributed by atoms with E-state index in [9.17, 15) is 13.2 Å². The maximum absolute atomic E-state index is 11.7. The highest BCUT2D eigenvalue weighted by atomic mass is 35.7. The molecule has 1 aromatic heterocycles. The van der Waals surface area contributed by atoms with Crippen molar-refractivity contribution >= 4 is 37.0 Å². The second-order valence-electron chi connectivity index (χ2n) is 4.32. The van der Waals surface area contributed by atoms with Crippen molar-refractivity contribution in [2.45, 2.75) is 18.1 Å². The Morgan fingerprint density at radius 3 is 2.74 bits per heavy atom. The van der Waals surface area contributed by atoms with Crippen LogP contribution in [-0.4, -0.2) is 34.1 Å². The second-order valence-corrected chi connectivity index (χ2v) is 8.02. The number of rotatable bonds is 7. The predicted molar refractivity (Wildman–Crippen MR) is 75.3 cm³/mol. The van der Waals surface area contributed by atoms with Crippen LogP contribution in [0.3, 0.4) is 0 Å². The summed E-state index contributed by atoms with van der Waals surface area (Å²) in [6.07, 6.45) is 0. The van der Waals surface area contributed by atoms with Crippen LogP contribution in [0.2, 0.25) is 0 Å². The maximum Gasteiger partial charge on any atom is 0.270 e. The van der Waals surface area contributed by atoms with Crippen molar-refractivity contribution in [2.75, 3.05) is 19.8 Å². The Hall–Kier alpha value is -0.630. The molecule has 1 aromatic rings. The zero-order valence-electron chi connectivity index (χ0n) is 10.7. The van der Waals surface area contributed by atoms with Gasteiger partial charge >= 0.3 is 0 Å². The quantitative estimate of drug-likeness (QED) is 0.615. The molecule has 0 saturated heterocycles. The van der Waals surface area contributed by atoms with E-state index in [1.807, 2.05) is 13.8 Å². The van der Waals surface area contributed by atoms with Gasteiger partial charge in [-0.15, -0.1) is 11.3 Å². The highest BCUT2D eigenvalue weighted by molar-refractivity contribution is 8.15. The molecule has 0 fully saturated rings. The molecule has 0 saturated carbocycles. The van der Waals surface area contributed by atoms with Gasteiger partial charge in [-0.05, 0) is 12.0 Å². The first-order valence-electron chi connectivity index (χ1n) is 5.70. The number of carbonyl (C=O) groups excluding carboxylic acids is 1. The maximum atomic E-state index is 11.7. The van der Waals surface area contributed by atoms with Crippen LogP contribution in [0.5, 0.6) is 0 Å². The lowest BCUT2D eigenvalue weighted by atomic mass is 10.2. The highest BCUT2D eigenvalue weighted by Gasteiger charge is 2.16. The molecule has 1 rings (SSSR count). The van der Waals surface area contributed by atoms with Crippen LogP contribution in [0.1, 0.15) is 24.2 Å². The third kappa shape index (κ3) is 5.90. The van der Waals surface area contributed by atoms with E-state index in [1.54, 1.807) is 0 Å². The Kier molecular flexibility index (Phi) is 6.25. The number of halogens is 1. The second kappa shape index (κ2) is 7.23. The minimum absolute atomic E-state index is 0.0321. The predicted octanol–water partition coefficient (Wildman–Crippen LogP) is 2.08. The van der Waals surface area contributed by atoms with Crippen molar-refractivity contribution in [3.8, 4) is 0 Å². The van der Waals surface area contributed by atoms with Crippen molar-refractivity contribution in [3.63, 3.8) is 0 Å². The van der Waals surface area contributed by atoms with E-state index >= 15 is 0 Å². The fourth-order valence-corrected chi connectivity index (χ4v) is 3.17. The molecular formula is C11H16ClNO4S2. The summed E-state index contributed by atoms with van der Waals surface area (Å²) in [5.74, 6) is 0.111. The van der Waals surface area contributed by atoms with Crippen molar-refractivity contribution in [1.29, 1.82) is 0 Å². The van der Waals surface area contributed by atoms with E-state index < -0.39 is 9.05 Å². The summed E-state index contributed by atoms with van der Waals surface area (Å²) in [5, 5.41) is 4.10. The zero-order chi connectivity index (χ0) is 14.5. The number of ether oxygens (including phenoxy) is 1. The van der Waals surface area contributed by atoms with Crippen LogP contribution in [0.15, 0.2) is 15.7 Å². The summed E-state index contributed by atoms with van der Waals surface area (Å²) in [7, 11) is 1.41. The summed E-state index contributed by atoms with van der Waals surface area (Å²) in [6.45, 7) is 5.53. The van der Waals surface area contributed by atoms with Gasteiger partial charge in [0, 0.05) is 29.2 Å². The Morgan fingerprint density at radius 1 is 1.53 bits per heavy atom. The first kappa shape index (κ1) is 16.4. The topological polar surface area (TPSA) is 72.5 Å². The summed E-state index contributed by atoms with van der Waals surface area (Å²) in [5.41, 5.74) is 0.285. The highest BCUT2D eigenvalue weighted by Crippen LogP contribution is 2.23. The van der Waals surface area contributed by atoms with E-state index in [4.69, 9.17) is 15.4 Å². The normalized spacial score (nSPS) is 11.8. The average molecular weight is 326 g/mol. The van der Waals surface area contributed by atoms with Gasteiger partial charge in [0.1, 0.15) is 4.21 Å². The lowest BCUT2D eigenvalue weighted by Crippen LogP contribution is -2.27. The summed E-state index contributed by atoms with van der Waals surface area (Å²) in [6, 6.07) is 1.26. The molecule has 0 aromatic carbocycles. The molecule has 19 heavy (non-hydrogen) atoms. The van der Waals surface area contributed by atoms with Gasteiger partial charge in [0.25, 0.3) is 15.0 Å². The largest absolute Gasteiger partial charge is 0.379 e. The van der Waals surface area contributed by atoms with Crippen LogP contribution >= 0.6 is 22.0 Å². The minimum atomic E-state index is -3.77. The number of carbonyl (C=O) groups is 1. The third-order valence-corrected chi connectivity index (χ3v) is 5.10. The van der Waals surface area contributed by atoms with Gasteiger partial charge < -0.3 is 10.1 Å². The van der Waals surface area contributed by atoms with Gasteiger partial charge in [0.05, 0.1) is 12.2 Å². The fourth-order valence-electron chi connectivity index (χ4n) is 1.22. The third-order valence-electron chi connectivity index (χ3n) is 2.06. The molecule has 0 aliphatic carbocycles. The SMILES string of the molecule is CC(C)COCCNC(=O)c1csc(S(=O)(=O)Cl)c1. The smallest absolute Gasteiger partial charge is 0.270 e. The molecule has 5 nitrogen and oxygen atoms in total. The minimum Gasteiger partial charge on any atom is -0.379 e. The fraction of sp³-hybridized carbons (Fsp3) is 0.545. The van der Waals surface area contributed by atoms with Gasteiger partial charge in [-0.1, -0.05) is 13.8 Å². The van der Waals surface area contributed by atoms with Crippen molar-refractivity contribution in [3.05, 3.63) is 17.0 Å². The number of thiophene rings is 1. The van der Waals surface area contributed by atoms with E-state index in [0.717, 1.165) is 11.3 Å². The summed E-state index contributed by atoms with van der Waals surface area (Å²) < 4.78 is 27.4. The Labute approximate surface area is 121 Å². The van der Waals surface area contributed by atoms with Gasteiger partial charge in [0.15, 0.2) is 0 Å². The van der Waals surface area contributed by atoms with Gasteiger partial charge in [-0.2, -0.15) is 0 Å². The van der Waals surface area contributed by atoms with Crippen molar-refractivity contribution in [2.24, 2.45) is 5.92 Å². The standard InChI is InChI=1S/C11H16ClNO4S2/c1-8(2)6-17-4-3-13-11(14)9-5-10(18-7-9)19(12,15)16/h5,7-8H,3-4,6H2,1-2H3,(H,13,14). The average Bonchev–Trinajstić information content (AvgIpc) is 2.76. The van der Waals surface area contributed by atoms with E-state index in [1.165, 1.54) is 11.4 Å². The Balaban J connectivity index is 2.40. The molecule has 0 aliphatic heterocycles. The number of amides is 1. The Bertz CT molecular complexity index is 525. The molecule has 0 radical (unpaired) electrons. The van der Waals surface area contributed by atoms with Gasteiger partial charge in [-0.3, -0.25) is 4.79 Å². The molecule has 0 unspecified atom stereocenters. The first-order chi connectivity index (χ1) is 8.80.